The van der Waals surface area contributed by atoms with Gasteiger partial charge in [0.05, 0.1) is 0 Å². The van der Waals surface area contributed by atoms with Crippen LogP contribution in [-0.2, 0) is 0 Å². The van der Waals surface area contributed by atoms with E-state index in [4.69, 9.17) is 4.74 Å². The summed E-state index contributed by atoms with van der Waals surface area (Å²) in [5, 5.41) is 3.11. The fourth-order valence-electron chi connectivity index (χ4n) is 1.58. The molecule has 0 spiro atoms. The molecule has 0 saturated heterocycles. The minimum atomic E-state index is -0.285. The number of aryl methyl sites for hydroxylation is 1. The maximum absolute atomic E-state index is 13.6. The second-order valence-electron chi connectivity index (χ2n) is 5.36. The van der Waals surface area contributed by atoms with E-state index in [1.54, 1.807) is 19.1 Å². The van der Waals surface area contributed by atoms with Gasteiger partial charge in [0.2, 0.25) is 0 Å². The molecule has 3 heteroatoms. The Morgan fingerprint density at radius 2 is 1.88 bits per heavy atom. The zero-order chi connectivity index (χ0) is 13.2. The molecular weight excluding hydrogens is 217 g/mol. The molecule has 1 unspecified atom stereocenters. The molecule has 0 fully saturated rings. The van der Waals surface area contributed by atoms with Gasteiger partial charge >= 0.3 is 0 Å². The van der Waals surface area contributed by atoms with Gasteiger partial charge in [-0.25, -0.2) is 4.39 Å². The molecule has 1 atom stereocenters. The molecule has 17 heavy (non-hydrogen) atoms. The molecule has 0 aliphatic rings. The Hall–Kier alpha value is -1.09. The molecule has 0 saturated carbocycles. The number of hydrogen-bond acceptors (Lipinski definition) is 2. The van der Waals surface area contributed by atoms with Gasteiger partial charge in [0.15, 0.2) is 0 Å². The van der Waals surface area contributed by atoms with E-state index in [1.807, 2.05) is 34.7 Å². The molecule has 0 aliphatic heterocycles. The molecule has 0 bridgehead atoms. The largest absolute Gasteiger partial charge is 0.488 e. The predicted molar refractivity (Wildman–Crippen MR) is 69.0 cm³/mol. The second-order valence-corrected chi connectivity index (χ2v) is 5.36. The van der Waals surface area contributed by atoms with Crippen molar-refractivity contribution in [2.24, 2.45) is 0 Å². The molecule has 0 amide bonds. The lowest BCUT2D eigenvalue weighted by Crippen LogP contribution is -2.25. The average Bonchev–Trinajstić information content (AvgIpc) is 2.20. The fraction of sp³-hybridized carbons (Fsp3) is 0.571. The van der Waals surface area contributed by atoms with Crippen LogP contribution < -0.4 is 10.1 Å². The maximum atomic E-state index is 13.6. The van der Waals surface area contributed by atoms with E-state index in [-0.39, 0.29) is 17.5 Å². The summed E-state index contributed by atoms with van der Waals surface area (Å²) in [6.45, 7) is 9.69. The third-order valence-electron chi connectivity index (χ3n) is 2.61. The first kappa shape index (κ1) is 14.0. The summed E-state index contributed by atoms with van der Waals surface area (Å²) in [5.74, 6) is 0.557. The third-order valence-corrected chi connectivity index (χ3v) is 2.61. The molecule has 0 aliphatic carbocycles. The van der Waals surface area contributed by atoms with Crippen molar-refractivity contribution in [3.05, 3.63) is 29.1 Å². The lowest BCUT2D eigenvalue weighted by molar-refractivity contribution is 0.128. The number of benzene rings is 1. The summed E-state index contributed by atoms with van der Waals surface area (Å²) in [4.78, 5) is 0. The molecule has 1 aromatic carbocycles. The first-order valence-corrected chi connectivity index (χ1v) is 5.91. The standard InChI is InChI=1S/C14H22FNO/c1-9-7-13(17-14(3,4)5)11(8-12(9)15)10(2)16-6/h7-8,10,16H,1-6H3. The van der Waals surface area contributed by atoms with Gasteiger partial charge in [0.25, 0.3) is 0 Å². The van der Waals surface area contributed by atoms with Crippen molar-refractivity contribution < 1.29 is 9.13 Å². The summed E-state index contributed by atoms with van der Waals surface area (Å²) < 4.78 is 19.5. The normalized spacial score (nSPS) is 13.6. The Bertz CT molecular complexity index is 396. The van der Waals surface area contributed by atoms with Crippen molar-refractivity contribution >= 4 is 0 Å². The van der Waals surface area contributed by atoms with Crippen molar-refractivity contribution in [3.63, 3.8) is 0 Å². The maximum Gasteiger partial charge on any atom is 0.126 e. The Morgan fingerprint density at radius 1 is 1.29 bits per heavy atom. The van der Waals surface area contributed by atoms with Crippen LogP contribution >= 0.6 is 0 Å². The van der Waals surface area contributed by atoms with Gasteiger partial charge in [-0.3, -0.25) is 0 Å². The first-order chi connectivity index (χ1) is 7.74. The Balaban J connectivity index is 3.21. The highest BCUT2D eigenvalue weighted by molar-refractivity contribution is 5.40. The Kier molecular flexibility index (Phi) is 4.15. The van der Waals surface area contributed by atoms with Crippen molar-refractivity contribution in [1.29, 1.82) is 0 Å². The van der Waals surface area contributed by atoms with E-state index in [2.05, 4.69) is 5.32 Å². The first-order valence-electron chi connectivity index (χ1n) is 5.91. The highest BCUT2D eigenvalue weighted by Crippen LogP contribution is 2.30. The summed E-state index contributed by atoms with van der Waals surface area (Å²) in [6, 6.07) is 3.38. The van der Waals surface area contributed by atoms with Gasteiger partial charge in [-0.2, -0.15) is 0 Å². The molecule has 0 radical (unpaired) electrons. The highest BCUT2D eigenvalue weighted by atomic mass is 19.1. The SMILES string of the molecule is CNC(C)c1cc(F)c(C)cc1OC(C)(C)C. The highest BCUT2D eigenvalue weighted by Gasteiger charge is 2.18. The Labute approximate surface area is 103 Å². The van der Waals surface area contributed by atoms with E-state index >= 15 is 0 Å². The van der Waals surface area contributed by atoms with E-state index in [0.717, 1.165) is 11.3 Å². The van der Waals surface area contributed by atoms with Gasteiger partial charge in [-0.1, -0.05) is 0 Å². The molecule has 1 aromatic rings. The Morgan fingerprint density at radius 3 is 2.35 bits per heavy atom. The van der Waals surface area contributed by atoms with Gasteiger partial charge in [0, 0.05) is 11.6 Å². The zero-order valence-electron chi connectivity index (χ0n) is 11.5. The molecule has 96 valence electrons. The van der Waals surface area contributed by atoms with Crippen LogP contribution in [0.25, 0.3) is 0 Å². The van der Waals surface area contributed by atoms with Gasteiger partial charge in [-0.15, -0.1) is 0 Å². The summed E-state index contributed by atoms with van der Waals surface area (Å²) in [7, 11) is 1.85. The molecule has 1 rings (SSSR count). The van der Waals surface area contributed by atoms with Crippen molar-refractivity contribution in [2.75, 3.05) is 7.05 Å². The number of hydrogen-bond donors (Lipinski definition) is 1. The lowest BCUT2D eigenvalue weighted by atomic mass is 10.0. The monoisotopic (exact) mass is 239 g/mol. The topological polar surface area (TPSA) is 21.3 Å². The van der Waals surface area contributed by atoms with E-state index in [1.165, 1.54) is 0 Å². The van der Waals surface area contributed by atoms with Crippen LogP contribution in [0.3, 0.4) is 0 Å². The number of rotatable bonds is 3. The van der Waals surface area contributed by atoms with Crippen molar-refractivity contribution in [1.82, 2.24) is 5.32 Å². The van der Waals surface area contributed by atoms with E-state index in [9.17, 15) is 4.39 Å². The number of nitrogens with one attached hydrogen (secondary N) is 1. The van der Waals surface area contributed by atoms with Crippen LogP contribution in [0, 0.1) is 12.7 Å². The van der Waals surface area contributed by atoms with Gasteiger partial charge in [-0.05, 0) is 59.4 Å². The van der Waals surface area contributed by atoms with Crippen LogP contribution in [0.5, 0.6) is 5.75 Å². The number of halogens is 1. The van der Waals surface area contributed by atoms with Gasteiger partial charge < -0.3 is 10.1 Å². The molecule has 1 N–H and O–H groups in total. The van der Waals surface area contributed by atoms with E-state index < -0.39 is 0 Å². The third kappa shape index (κ3) is 3.70. The minimum Gasteiger partial charge on any atom is -0.488 e. The summed E-state index contributed by atoms with van der Waals surface area (Å²) >= 11 is 0. The molecular formula is C14H22FNO. The average molecular weight is 239 g/mol. The van der Waals surface area contributed by atoms with Crippen LogP contribution in [0.2, 0.25) is 0 Å². The molecule has 0 aromatic heterocycles. The summed E-state index contributed by atoms with van der Waals surface area (Å²) in [5.41, 5.74) is 1.17. The van der Waals surface area contributed by atoms with Crippen molar-refractivity contribution in [2.45, 2.75) is 46.3 Å². The smallest absolute Gasteiger partial charge is 0.126 e. The quantitative estimate of drug-likeness (QED) is 0.870. The summed E-state index contributed by atoms with van der Waals surface area (Å²) in [6.07, 6.45) is 0. The minimum absolute atomic E-state index is 0.0578. The van der Waals surface area contributed by atoms with Gasteiger partial charge in [0.1, 0.15) is 17.2 Å². The predicted octanol–water partition coefficient (Wildman–Crippen LogP) is 3.59. The molecule has 0 heterocycles. The molecule has 2 nitrogen and oxygen atoms in total. The number of ether oxygens (including phenoxy) is 1. The van der Waals surface area contributed by atoms with Crippen LogP contribution in [-0.4, -0.2) is 12.6 Å². The zero-order valence-corrected chi connectivity index (χ0v) is 11.5. The van der Waals surface area contributed by atoms with Crippen LogP contribution in [0.15, 0.2) is 12.1 Å². The second kappa shape index (κ2) is 5.05. The van der Waals surface area contributed by atoms with Crippen molar-refractivity contribution in [3.8, 4) is 5.75 Å². The lowest BCUT2D eigenvalue weighted by Gasteiger charge is -2.25. The van der Waals surface area contributed by atoms with Crippen LogP contribution in [0.1, 0.15) is 44.9 Å². The van der Waals surface area contributed by atoms with E-state index in [0.29, 0.717) is 5.56 Å². The fourth-order valence-corrected chi connectivity index (χ4v) is 1.58. The van der Waals surface area contributed by atoms with Crippen LogP contribution in [0.4, 0.5) is 4.39 Å².